The van der Waals surface area contributed by atoms with E-state index in [2.05, 4.69) is 25.5 Å². The Morgan fingerprint density at radius 3 is 2.87 bits per heavy atom. The number of H-pyrrole nitrogens is 1. The van der Waals surface area contributed by atoms with Gasteiger partial charge in [0.15, 0.2) is 11.6 Å². The summed E-state index contributed by atoms with van der Waals surface area (Å²) in [6.45, 7) is 0. The number of nitrogens with one attached hydrogen (secondary N) is 2. The molecule has 2 aromatic heterocycles. The third-order valence-corrected chi connectivity index (χ3v) is 3.74. The Hall–Kier alpha value is -2.80. The SMILES string of the molecule is Fc1ccc(Cl)c(F)c1C1=Nc2ncccc2-c2[nH]ncc2N1. The van der Waals surface area contributed by atoms with Gasteiger partial charge in [0.25, 0.3) is 0 Å². The van der Waals surface area contributed by atoms with Crippen molar-refractivity contribution in [2.24, 2.45) is 4.99 Å². The van der Waals surface area contributed by atoms with Crippen LogP contribution in [0, 0.1) is 11.6 Å². The van der Waals surface area contributed by atoms with Crippen LogP contribution in [0.3, 0.4) is 0 Å². The maximum Gasteiger partial charge on any atom is 0.163 e. The Labute approximate surface area is 134 Å². The molecule has 0 saturated heterocycles. The minimum atomic E-state index is -0.887. The molecule has 0 unspecified atom stereocenters. The predicted octanol–water partition coefficient (Wildman–Crippen LogP) is 3.91. The minimum absolute atomic E-state index is 0.0254. The standard InChI is InChI=1S/C15H8ClF2N5/c16-8-3-4-9(17)11(12(8)18)15-21-10-6-20-23-13(10)7-2-1-5-19-14(7)22-15/h1-6H,(H,20,23)(H,19,21,22). The van der Waals surface area contributed by atoms with E-state index in [0.29, 0.717) is 22.8 Å². The second-order valence-electron chi connectivity index (χ2n) is 4.84. The monoisotopic (exact) mass is 331 g/mol. The maximum atomic E-state index is 14.3. The van der Waals surface area contributed by atoms with Crippen molar-refractivity contribution >= 4 is 28.9 Å². The summed E-state index contributed by atoms with van der Waals surface area (Å²) in [5.41, 5.74) is 1.50. The zero-order chi connectivity index (χ0) is 16.0. The molecule has 0 bridgehead atoms. The van der Waals surface area contributed by atoms with Gasteiger partial charge in [0.1, 0.15) is 11.7 Å². The van der Waals surface area contributed by atoms with Crippen LogP contribution in [0.5, 0.6) is 0 Å². The third-order valence-electron chi connectivity index (χ3n) is 3.45. The number of amidine groups is 1. The summed E-state index contributed by atoms with van der Waals surface area (Å²) in [4.78, 5) is 8.43. The molecule has 0 radical (unpaired) electrons. The lowest BCUT2D eigenvalue weighted by Gasteiger charge is -2.10. The summed E-state index contributed by atoms with van der Waals surface area (Å²) in [7, 11) is 0. The molecule has 0 amide bonds. The molecule has 0 aliphatic carbocycles. The molecule has 3 aromatic rings. The van der Waals surface area contributed by atoms with Crippen LogP contribution in [0.15, 0.2) is 41.7 Å². The van der Waals surface area contributed by atoms with E-state index in [0.717, 1.165) is 12.1 Å². The first kappa shape index (κ1) is 13.8. The molecular formula is C15H8ClF2N5. The first-order chi connectivity index (χ1) is 11.1. The highest BCUT2D eigenvalue weighted by Gasteiger charge is 2.24. The van der Waals surface area contributed by atoms with Crippen molar-refractivity contribution in [3.63, 3.8) is 0 Å². The summed E-state index contributed by atoms with van der Waals surface area (Å²) in [5, 5.41) is 9.48. The minimum Gasteiger partial charge on any atom is -0.336 e. The average molecular weight is 332 g/mol. The first-order valence-electron chi connectivity index (χ1n) is 6.63. The summed E-state index contributed by atoms with van der Waals surface area (Å²) in [6.07, 6.45) is 3.05. The summed E-state index contributed by atoms with van der Waals surface area (Å²) >= 11 is 5.77. The van der Waals surface area contributed by atoms with Crippen LogP contribution in [0.2, 0.25) is 5.02 Å². The number of halogens is 3. The Morgan fingerprint density at radius 2 is 2.00 bits per heavy atom. The number of aliphatic imine (C=N–C) groups is 1. The molecule has 0 saturated carbocycles. The van der Waals surface area contributed by atoms with Crippen molar-refractivity contribution in [3.05, 3.63) is 58.9 Å². The van der Waals surface area contributed by atoms with Gasteiger partial charge in [0.2, 0.25) is 0 Å². The van der Waals surface area contributed by atoms with Crippen LogP contribution >= 0.6 is 11.6 Å². The van der Waals surface area contributed by atoms with Crippen molar-refractivity contribution in [1.82, 2.24) is 15.2 Å². The van der Waals surface area contributed by atoms with Gasteiger partial charge in [-0.05, 0) is 24.3 Å². The zero-order valence-corrected chi connectivity index (χ0v) is 12.2. The van der Waals surface area contributed by atoms with Gasteiger partial charge in [-0.15, -0.1) is 0 Å². The number of hydrogen-bond donors (Lipinski definition) is 2. The van der Waals surface area contributed by atoms with E-state index in [9.17, 15) is 8.78 Å². The number of anilines is 1. The number of rotatable bonds is 1. The third kappa shape index (κ3) is 2.17. The Morgan fingerprint density at radius 1 is 1.13 bits per heavy atom. The van der Waals surface area contributed by atoms with Crippen molar-refractivity contribution in [2.45, 2.75) is 0 Å². The second-order valence-corrected chi connectivity index (χ2v) is 5.24. The maximum absolute atomic E-state index is 14.3. The fourth-order valence-electron chi connectivity index (χ4n) is 2.39. The van der Waals surface area contributed by atoms with Crippen molar-refractivity contribution in [2.75, 3.05) is 5.32 Å². The Kier molecular flexibility index (Phi) is 3.09. The number of fused-ring (bicyclic) bond motifs is 3. The highest BCUT2D eigenvalue weighted by Crippen LogP contribution is 2.36. The van der Waals surface area contributed by atoms with Crippen LogP contribution < -0.4 is 5.32 Å². The molecule has 8 heteroatoms. The Bertz CT molecular complexity index is 951. The number of aromatic nitrogens is 3. The van der Waals surface area contributed by atoms with Gasteiger partial charge < -0.3 is 5.32 Å². The van der Waals surface area contributed by atoms with Crippen LogP contribution in [0.25, 0.3) is 11.3 Å². The number of benzene rings is 1. The summed E-state index contributed by atoms with van der Waals surface area (Å²) < 4.78 is 28.5. The number of pyridine rings is 1. The molecule has 0 spiro atoms. The lowest BCUT2D eigenvalue weighted by Crippen LogP contribution is -2.17. The molecule has 4 rings (SSSR count). The van der Waals surface area contributed by atoms with E-state index in [-0.39, 0.29) is 16.4 Å². The number of nitrogens with zero attached hydrogens (tertiary/aromatic N) is 3. The molecule has 1 aliphatic heterocycles. The highest BCUT2D eigenvalue weighted by atomic mass is 35.5. The largest absolute Gasteiger partial charge is 0.336 e. The van der Waals surface area contributed by atoms with Crippen LogP contribution in [0.4, 0.5) is 20.3 Å². The van der Waals surface area contributed by atoms with Gasteiger partial charge >= 0.3 is 0 Å². The molecule has 23 heavy (non-hydrogen) atoms. The van der Waals surface area contributed by atoms with Crippen molar-refractivity contribution < 1.29 is 8.78 Å². The summed E-state index contributed by atoms with van der Waals surface area (Å²) in [5.74, 6) is -1.37. The van der Waals surface area contributed by atoms with E-state index in [4.69, 9.17) is 11.6 Å². The second kappa shape index (κ2) is 5.13. The number of aromatic amines is 1. The van der Waals surface area contributed by atoms with Gasteiger partial charge in [-0.2, -0.15) is 5.10 Å². The molecule has 3 heterocycles. The normalized spacial score (nSPS) is 12.7. The van der Waals surface area contributed by atoms with E-state index < -0.39 is 11.6 Å². The molecular weight excluding hydrogens is 324 g/mol. The van der Waals surface area contributed by atoms with Crippen molar-refractivity contribution in [3.8, 4) is 11.3 Å². The van der Waals surface area contributed by atoms with E-state index >= 15 is 0 Å². The predicted molar refractivity (Wildman–Crippen MR) is 83.0 cm³/mol. The average Bonchev–Trinajstić information content (AvgIpc) is 2.94. The lowest BCUT2D eigenvalue weighted by atomic mass is 10.1. The van der Waals surface area contributed by atoms with Gasteiger partial charge in [0, 0.05) is 11.8 Å². The van der Waals surface area contributed by atoms with Gasteiger partial charge in [-0.25, -0.2) is 18.8 Å². The molecule has 0 atom stereocenters. The van der Waals surface area contributed by atoms with Gasteiger partial charge in [-0.3, -0.25) is 5.10 Å². The first-order valence-corrected chi connectivity index (χ1v) is 7.01. The molecule has 5 nitrogen and oxygen atoms in total. The highest BCUT2D eigenvalue weighted by molar-refractivity contribution is 6.31. The topological polar surface area (TPSA) is 66.0 Å². The molecule has 1 aromatic carbocycles. The fourth-order valence-corrected chi connectivity index (χ4v) is 2.55. The van der Waals surface area contributed by atoms with Gasteiger partial charge in [-0.1, -0.05) is 11.6 Å². The van der Waals surface area contributed by atoms with E-state index in [1.807, 2.05) is 0 Å². The molecule has 2 N–H and O–H groups in total. The fraction of sp³-hybridized carbons (Fsp3) is 0. The Balaban J connectivity index is 1.99. The summed E-state index contributed by atoms with van der Waals surface area (Å²) in [6, 6.07) is 5.77. The van der Waals surface area contributed by atoms with Crippen LogP contribution in [0.1, 0.15) is 5.56 Å². The number of hydrogen-bond acceptors (Lipinski definition) is 4. The van der Waals surface area contributed by atoms with E-state index in [1.165, 1.54) is 6.20 Å². The van der Waals surface area contributed by atoms with Crippen molar-refractivity contribution in [1.29, 1.82) is 0 Å². The smallest absolute Gasteiger partial charge is 0.163 e. The molecule has 1 aliphatic rings. The van der Waals surface area contributed by atoms with Gasteiger partial charge in [0.05, 0.1) is 28.2 Å². The molecule has 114 valence electrons. The zero-order valence-electron chi connectivity index (χ0n) is 11.4. The van der Waals surface area contributed by atoms with Crippen LogP contribution in [-0.2, 0) is 0 Å². The van der Waals surface area contributed by atoms with E-state index in [1.54, 1.807) is 18.3 Å². The van der Waals surface area contributed by atoms with Crippen LogP contribution in [-0.4, -0.2) is 21.0 Å². The molecule has 0 fully saturated rings. The lowest BCUT2D eigenvalue weighted by molar-refractivity contribution is 0.579. The quantitative estimate of drug-likeness (QED) is 0.664.